The number of nitrogens with one attached hydrogen (secondary N) is 1. The normalized spacial score (nSPS) is 12.0. The van der Waals surface area contributed by atoms with Crippen molar-refractivity contribution in [2.45, 2.75) is 47.0 Å². The van der Waals surface area contributed by atoms with E-state index >= 15 is 0 Å². The topological polar surface area (TPSA) is 45.2 Å². The molecule has 0 aliphatic carbocycles. The number of phenols is 1. The van der Waals surface area contributed by atoms with E-state index in [-0.39, 0.29) is 0 Å². The zero-order chi connectivity index (χ0) is 19.6. The average Bonchev–Trinajstić information content (AvgIpc) is 2.97. The second-order valence-electron chi connectivity index (χ2n) is 7.55. The molecular weight excluding hydrogens is 334 g/mol. The molecule has 0 saturated carbocycles. The smallest absolute Gasteiger partial charge is 0.124 e. The number of benzene rings is 2. The molecule has 0 unspecified atom stereocenters. The van der Waals surface area contributed by atoms with Crippen LogP contribution in [0.3, 0.4) is 0 Å². The van der Waals surface area contributed by atoms with Gasteiger partial charge in [0, 0.05) is 22.4 Å². The summed E-state index contributed by atoms with van der Waals surface area (Å²) in [4.78, 5) is 3.49. The number of fused-ring (bicyclic) bond motifs is 3. The molecule has 3 rings (SSSR count). The van der Waals surface area contributed by atoms with Gasteiger partial charge in [0.15, 0.2) is 0 Å². The van der Waals surface area contributed by atoms with E-state index in [4.69, 9.17) is 4.74 Å². The summed E-state index contributed by atoms with van der Waals surface area (Å²) in [7, 11) is 1.72. The van der Waals surface area contributed by atoms with Crippen LogP contribution in [0, 0.1) is 6.92 Å². The first-order valence-corrected chi connectivity index (χ1v) is 9.50. The van der Waals surface area contributed by atoms with Crippen molar-refractivity contribution in [3.05, 3.63) is 58.7 Å². The summed E-state index contributed by atoms with van der Waals surface area (Å²) in [5.74, 6) is 1.21. The lowest BCUT2D eigenvalue weighted by atomic mass is 10.0. The van der Waals surface area contributed by atoms with Crippen LogP contribution < -0.4 is 4.74 Å². The monoisotopic (exact) mass is 363 g/mol. The molecule has 3 aromatic rings. The maximum absolute atomic E-state index is 10.1. The number of hydrogen-bond donors (Lipinski definition) is 2. The van der Waals surface area contributed by atoms with E-state index in [0.717, 1.165) is 52.6 Å². The van der Waals surface area contributed by atoms with Crippen LogP contribution in [0.25, 0.3) is 21.8 Å². The molecule has 3 nitrogen and oxygen atoms in total. The Morgan fingerprint density at radius 2 is 1.89 bits per heavy atom. The largest absolute Gasteiger partial charge is 0.508 e. The minimum Gasteiger partial charge on any atom is -0.508 e. The van der Waals surface area contributed by atoms with E-state index in [0.29, 0.717) is 5.75 Å². The molecule has 1 aromatic heterocycles. The predicted octanol–water partition coefficient (Wildman–Crippen LogP) is 6.58. The molecule has 2 N–H and O–H groups in total. The van der Waals surface area contributed by atoms with Gasteiger partial charge in [0.25, 0.3) is 0 Å². The van der Waals surface area contributed by atoms with Crippen LogP contribution in [0.2, 0.25) is 0 Å². The van der Waals surface area contributed by atoms with Gasteiger partial charge in [0.1, 0.15) is 11.5 Å². The van der Waals surface area contributed by atoms with Gasteiger partial charge in [0.05, 0.1) is 18.1 Å². The zero-order valence-electron chi connectivity index (χ0n) is 16.9. The van der Waals surface area contributed by atoms with E-state index in [9.17, 15) is 5.11 Å². The highest BCUT2D eigenvalue weighted by Gasteiger charge is 2.13. The van der Waals surface area contributed by atoms with Gasteiger partial charge >= 0.3 is 0 Å². The van der Waals surface area contributed by atoms with Crippen molar-refractivity contribution in [1.29, 1.82) is 0 Å². The second kappa shape index (κ2) is 7.91. The van der Waals surface area contributed by atoms with Crippen molar-refractivity contribution < 1.29 is 9.84 Å². The number of rotatable bonds is 6. The maximum atomic E-state index is 10.1. The van der Waals surface area contributed by atoms with Crippen LogP contribution in [0.4, 0.5) is 0 Å². The minimum absolute atomic E-state index is 0.317. The SMILES string of the molecule is COc1ccc2c([nH]c3cc(O)c(C)cc32)c1CC=C(C)CCC=C(C)C. The van der Waals surface area contributed by atoms with Gasteiger partial charge < -0.3 is 14.8 Å². The number of phenolic OH excluding ortho intramolecular Hbond substituents is 1. The first-order valence-electron chi connectivity index (χ1n) is 9.50. The van der Waals surface area contributed by atoms with Crippen LogP contribution in [0.15, 0.2) is 47.6 Å². The summed E-state index contributed by atoms with van der Waals surface area (Å²) in [5, 5.41) is 12.4. The number of aromatic hydroxyl groups is 1. The standard InChI is InChI=1S/C24H29NO2/c1-15(2)7-6-8-16(3)9-10-19-23(27-5)12-11-18-20-13-17(4)22(26)14-21(20)25-24(18)19/h7,9,11-14,25-26H,6,8,10H2,1-5H3. The Labute approximate surface area is 161 Å². The van der Waals surface area contributed by atoms with E-state index in [1.54, 1.807) is 13.2 Å². The number of methoxy groups -OCH3 is 1. The van der Waals surface area contributed by atoms with Gasteiger partial charge in [-0.2, -0.15) is 0 Å². The molecule has 0 aliphatic heterocycles. The molecule has 0 bridgehead atoms. The Morgan fingerprint density at radius 1 is 1.11 bits per heavy atom. The predicted molar refractivity (Wildman–Crippen MR) is 115 cm³/mol. The number of aromatic nitrogens is 1. The number of allylic oxidation sites excluding steroid dienone is 4. The summed E-state index contributed by atoms with van der Waals surface area (Å²) in [6.45, 7) is 8.40. The number of H-pyrrole nitrogens is 1. The van der Waals surface area contributed by atoms with Crippen molar-refractivity contribution >= 4 is 21.8 Å². The summed E-state index contributed by atoms with van der Waals surface area (Å²) in [6.07, 6.45) is 7.55. The van der Waals surface area contributed by atoms with Gasteiger partial charge in [-0.05, 0) is 70.7 Å². The van der Waals surface area contributed by atoms with Crippen LogP contribution in [-0.4, -0.2) is 17.2 Å². The fourth-order valence-electron chi connectivity index (χ4n) is 3.51. The van der Waals surface area contributed by atoms with Crippen LogP contribution in [0.1, 0.15) is 44.7 Å². The molecule has 0 radical (unpaired) electrons. The molecule has 0 atom stereocenters. The Morgan fingerprint density at radius 3 is 2.59 bits per heavy atom. The molecular formula is C24H29NO2. The highest BCUT2D eigenvalue weighted by atomic mass is 16.5. The van der Waals surface area contributed by atoms with Crippen molar-refractivity contribution in [3.63, 3.8) is 0 Å². The lowest BCUT2D eigenvalue weighted by molar-refractivity contribution is 0.411. The molecule has 0 saturated heterocycles. The molecule has 142 valence electrons. The first-order chi connectivity index (χ1) is 12.9. The maximum Gasteiger partial charge on any atom is 0.124 e. The first kappa shape index (κ1) is 19.1. The molecule has 1 heterocycles. The molecule has 0 aliphatic rings. The van der Waals surface area contributed by atoms with Gasteiger partial charge in [-0.25, -0.2) is 0 Å². The summed E-state index contributed by atoms with van der Waals surface area (Å²) in [5.41, 5.74) is 6.83. The van der Waals surface area contributed by atoms with Crippen LogP contribution in [-0.2, 0) is 6.42 Å². The number of hydrogen-bond acceptors (Lipinski definition) is 2. The number of ether oxygens (including phenoxy) is 1. The Bertz CT molecular complexity index is 1030. The lowest BCUT2D eigenvalue weighted by Crippen LogP contribution is -1.93. The second-order valence-corrected chi connectivity index (χ2v) is 7.55. The Balaban J connectivity index is 2.01. The third kappa shape index (κ3) is 4.02. The highest BCUT2D eigenvalue weighted by Crippen LogP contribution is 2.35. The summed E-state index contributed by atoms with van der Waals surface area (Å²) in [6, 6.07) is 7.99. The third-order valence-electron chi connectivity index (χ3n) is 5.12. The fraction of sp³-hybridized carbons (Fsp3) is 0.333. The van der Waals surface area contributed by atoms with Crippen molar-refractivity contribution in [3.8, 4) is 11.5 Å². The Kier molecular flexibility index (Phi) is 5.59. The highest BCUT2D eigenvalue weighted by molar-refractivity contribution is 6.09. The lowest BCUT2D eigenvalue weighted by Gasteiger charge is -2.09. The van der Waals surface area contributed by atoms with Gasteiger partial charge in [-0.1, -0.05) is 23.3 Å². The van der Waals surface area contributed by atoms with Crippen LogP contribution >= 0.6 is 0 Å². The zero-order valence-corrected chi connectivity index (χ0v) is 16.9. The third-order valence-corrected chi connectivity index (χ3v) is 5.12. The van der Waals surface area contributed by atoms with Crippen LogP contribution in [0.5, 0.6) is 11.5 Å². The van der Waals surface area contributed by atoms with E-state index in [1.165, 1.54) is 16.5 Å². The minimum atomic E-state index is 0.317. The molecule has 0 spiro atoms. The molecule has 27 heavy (non-hydrogen) atoms. The molecule has 3 heteroatoms. The fourth-order valence-corrected chi connectivity index (χ4v) is 3.51. The average molecular weight is 364 g/mol. The van der Waals surface area contributed by atoms with E-state index in [2.05, 4.69) is 44.0 Å². The van der Waals surface area contributed by atoms with Gasteiger partial charge in [-0.3, -0.25) is 0 Å². The van der Waals surface area contributed by atoms with E-state index < -0.39 is 0 Å². The molecule has 0 fully saturated rings. The number of aromatic amines is 1. The van der Waals surface area contributed by atoms with E-state index in [1.807, 2.05) is 19.1 Å². The summed E-state index contributed by atoms with van der Waals surface area (Å²) >= 11 is 0. The molecule has 0 amide bonds. The van der Waals surface area contributed by atoms with Gasteiger partial charge in [0.2, 0.25) is 0 Å². The molecule has 2 aromatic carbocycles. The summed E-state index contributed by atoms with van der Waals surface area (Å²) < 4.78 is 5.63. The number of aryl methyl sites for hydroxylation is 1. The quantitative estimate of drug-likeness (QED) is 0.486. The van der Waals surface area contributed by atoms with Crippen molar-refractivity contribution in [2.75, 3.05) is 7.11 Å². The Hall–Kier alpha value is -2.68. The van der Waals surface area contributed by atoms with Crippen molar-refractivity contribution in [1.82, 2.24) is 4.98 Å². The van der Waals surface area contributed by atoms with Crippen molar-refractivity contribution in [2.24, 2.45) is 0 Å². The van der Waals surface area contributed by atoms with Gasteiger partial charge in [-0.15, -0.1) is 0 Å².